The van der Waals surface area contributed by atoms with Gasteiger partial charge in [-0.1, -0.05) is 42.5 Å². The maximum absolute atomic E-state index is 13.4. The van der Waals surface area contributed by atoms with Gasteiger partial charge in [-0.2, -0.15) is 0 Å². The number of aromatic amines is 1. The number of carboxylic acids is 1. The van der Waals surface area contributed by atoms with E-state index in [0.717, 1.165) is 0 Å². The lowest BCUT2D eigenvalue weighted by Crippen LogP contribution is -2.58. The van der Waals surface area contributed by atoms with E-state index in [1.807, 2.05) is 0 Å². The summed E-state index contributed by atoms with van der Waals surface area (Å²) in [5.41, 5.74) is 13.1. The molecule has 0 spiro atoms. The van der Waals surface area contributed by atoms with Gasteiger partial charge in [0.2, 0.25) is 23.6 Å². The lowest BCUT2D eigenvalue weighted by atomic mass is 10.0. The SMILES string of the molecule is NC(=O)CCC(NC(=O)C(N)Cc1cnc[nH]1)C(=O)NC(Cc1ccccc1)C(=O)NC(Cc1ccc(O)cc1)C(=O)O. The van der Waals surface area contributed by atoms with Crippen molar-refractivity contribution in [3.8, 4) is 5.75 Å². The first-order chi connectivity index (χ1) is 20.5. The Morgan fingerprint density at radius 1 is 0.791 bits per heavy atom. The van der Waals surface area contributed by atoms with Crippen LogP contribution in [0.4, 0.5) is 0 Å². The topological polar surface area (TPSA) is 243 Å². The number of imidazole rings is 1. The molecule has 0 aliphatic rings. The number of hydrogen-bond acceptors (Lipinski definition) is 8. The molecule has 0 saturated carbocycles. The van der Waals surface area contributed by atoms with Crippen LogP contribution >= 0.6 is 0 Å². The van der Waals surface area contributed by atoms with Crippen molar-refractivity contribution in [3.05, 3.63) is 83.9 Å². The molecule has 0 aliphatic heterocycles. The van der Waals surface area contributed by atoms with Gasteiger partial charge in [0.25, 0.3) is 0 Å². The van der Waals surface area contributed by atoms with Crippen LogP contribution in [0.5, 0.6) is 5.75 Å². The fraction of sp³-hybridized carbons (Fsp3) is 0.310. The number of H-pyrrole nitrogens is 1. The molecule has 228 valence electrons. The van der Waals surface area contributed by atoms with Gasteiger partial charge in [0, 0.05) is 37.6 Å². The van der Waals surface area contributed by atoms with Crippen LogP contribution in [0.15, 0.2) is 67.1 Å². The molecular weight excluding hydrogens is 558 g/mol. The average Bonchev–Trinajstić information content (AvgIpc) is 3.48. The molecule has 43 heavy (non-hydrogen) atoms. The van der Waals surface area contributed by atoms with Crippen molar-refractivity contribution < 1.29 is 34.2 Å². The Bertz CT molecular complexity index is 1380. The van der Waals surface area contributed by atoms with Crippen molar-refractivity contribution in [2.45, 2.75) is 56.3 Å². The molecule has 1 aromatic heterocycles. The van der Waals surface area contributed by atoms with Crippen LogP contribution in [0, 0.1) is 0 Å². The Morgan fingerprint density at radius 2 is 1.37 bits per heavy atom. The van der Waals surface area contributed by atoms with Crippen molar-refractivity contribution in [1.82, 2.24) is 25.9 Å². The van der Waals surface area contributed by atoms with Crippen molar-refractivity contribution >= 4 is 29.6 Å². The zero-order valence-electron chi connectivity index (χ0n) is 23.2. The summed E-state index contributed by atoms with van der Waals surface area (Å²) in [7, 11) is 0. The maximum Gasteiger partial charge on any atom is 0.326 e. The Kier molecular flexibility index (Phi) is 11.8. The van der Waals surface area contributed by atoms with Gasteiger partial charge in [-0.05, 0) is 29.7 Å². The summed E-state index contributed by atoms with van der Waals surface area (Å²) in [6.45, 7) is 0. The quantitative estimate of drug-likeness (QED) is 0.104. The van der Waals surface area contributed by atoms with Crippen LogP contribution in [0.1, 0.15) is 29.7 Å². The third kappa shape index (κ3) is 10.6. The maximum atomic E-state index is 13.4. The molecular formula is C29H35N7O7. The summed E-state index contributed by atoms with van der Waals surface area (Å²) in [6, 6.07) is 9.67. The Morgan fingerprint density at radius 3 is 1.98 bits per heavy atom. The highest BCUT2D eigenvalue weighted by molar-refractivity contribution is 5.94. The van der Waals surface area contributed by atoms with Crippen LogP contribution in [0.25, 0.3) is 0 Å². The van der Waals surface area contributed by atoms with Gasteiger partial charge in [0.1, 0.15) is 23.9 Å². The highest BCUT2D eigenvalue weighted by Gasteiger charge is 2.31. The van der Waals surface area contributed by atoms with E-state index in [1.165, 1.54) is 36.8 Å². The summed E-state index contributed by atoms with van der Waals surface area (Å²) in [5, 5.41) is 26.9. The van der Waals surface area contributed by atoms with Gasteiger partial charge in [0.05, 0.1) is 12.4 Å². The number of hydrogen-bond donors (Lipinski definition) is 8. The molecule has 3 aromatic rings. The van der Waals surface area contributed by atoms with Crippen LogP contribution in [0.2, 0.25) is 0 Å². The molecule has 0 saturated heterocycles. The number of aromatic hydroxyl groups is 1. The average molecular weight is 594 g/mol. The first kappa shape index (κ1) is 32.3. The van der Waals surface area contributed by atoms with Crippen molar-refractivity contribution in [2.24, 2.45) is 11.5 Å². The number of carboxylic acid groups (broad SMARTS) is 1. The first-order valence-electron chi connectivity index (χ1n) is 13.5. The van der Waals surface area contributed by atoms with Gasteiger partial charge >= 0.3 is 5.97 Å². The molecule has 4 amide bonds. The number of carbonyl (C=O) groups is 5. The highest BCUT2D eigenvalue weighted by atomic mass is 16.4. The number of amides is 4. The number of primary amides is 1. The normalized spacial score (nSPS) is 13.6. The number of phenolic OH excluding ortho intramolecular Hbond substituents is 1. The number of carbonyl (C=O) groups excluding carboxylic acids is 4. The molecule has 14 heteroatoms. The zero-order valence-corrected chi connectivity index (χ0v) is 23.2. The van der Waals surface area contributed by atoms with E-state index in [2.05, 4.69) is 25.9 Å². The molecule has 14 nitrogen and oxygen atoms in total. The van der Waals surface area contributed by atoms with Gasteiger partial charge in [-0.3, -0.25) is 19.2 Å². The summed E-state index contributed by atoms with van der Waals surface area (Å²) < 4.78 is 0. The largest absolute Gasteiger partial charge is 0.508 e. The van der Waals surface area contributed by atoms with Crippen LogP contribution in [-0.2, 0) is 43.2 Å². The number of aliphatic carboxylic acids is 1. The smallest absolute Gasteiger partial charge is 0.326 e. The minimum Gasteiger partial charge on any atom is -0.508 e. The monoisotopic (exact) mass is 593 g/mol. The summed E-state index contributed by atoms with van der Waals surface area (Å²) >= 11 is 0. The Balaban J connectivity index is 1.77. The van der Waals surface area contributed by atoms with Crippen molar-refractivity contribution in [1.29, 1.82) is 0 Å². The number of phenols is 1. The molecule has 4 atom stereocenters. The van der Waals surface area contributed by atoms with Crippen LogP contribution in [-0.4, -0.2) is 73.9 Å². The lowest BCUT2D eigenvalue weighted by molar-refractivity contribution is -0.142. The van der Waals surface area contributed by atoms with Crippen LogP contribution in [0.3, 0.4) is 0 Å². The Hall–Kier alpha value is -5.24. The summed E-state index contributed by atoms with van der Waals surface area (Å²) in [5.74, 6) is -4.24. The number of nitrogens with two attached hydrogens (primary N) is 2. The van der Waals surface area contributed by atoms with E-state index >= 15 is 0 Å². The molecule has 0 radical (unpaired) electrons. The number of rotatable bonds is 16. The number of benzene rings is 2. The Labute approximate surface area is 247 Å². The molecule has 1 heterocycles. The number of nitrogens with one attached hydrogen (secondary N) is 4. The molecule has 3 rings (SSSR count). The van der Waals surface area contributed by atoms with E-state index < -0.39 is 53.8 Å². The van der Waals surface area contributed by atoms with Gasteiger partial charge < -0.3 is 42.6 Å². The second kappa shape index (κ2) is 15.7. The third-order valence-corrected chi connectivity index (χ3v) is 6.55. The zero-order chi connectivity index (χ0) is 31.4. The van der Waals surface area contributed by atoms with Gasteiger partial charge in [-0.15, -0.1) is 0 Å². The first-order valence-corrected chi connectivity index (χ1v) is 13.5. The summed E-state index contributed by atoms with van der Waals surface area (Å²) in [4.78, 5) is 69.9. The van der Waals surface area contributed by atoms with E-state index in [0.29, 0.717) is 16.8 Å². The molecule has 0 fully saturated rings. The second-order valence-corrected chi connectivity index (χ2v) is 9.97. The van der Waals surface area contributed by atoms with E-state index in [9.17, 15) is 34.2 Å². The predicted octanol–water partition coefficient (Wildman–Crippen LogP) is -0.725. The standard InChI is InChI=1S/C29H35N7O7/c30-21(14-19-15-32-16-33-19)26(39)34-22(10-11-25(31)38)27(40)35-23(12-17-4-2-1-3-5-17)28(41)36-24(29(42)43)13-18-6-8-20(37)9-7-18/h1-9,15-16,21-24,37H,10-14,30H2,(H2,31,38)(H,32,33)(H,34,39)(H,35,40)(H,36,41)(H,42,43). The number of aromatic nitrogens is 2. The molecule has 4 unspecified atom stereocenters. The van der Waals surface area contributed by atoms with Gasteiger partial charge in [-0.25, -0.2) is 9.78 Å². The molecule has 0 aliphatic carbocycles. The van der Waals surface area contributed by atoms with E-state index in [-0.39, 0.29) is 37.9 Å². The molecule has 10 N–H and O–H groups in total. The lowest BCUT2D eigenvalue weighted by Gasteiger charge is -2.25. The van der Waals surface area contributed by atoms with Gasteiger partial charge in [0.15, 0.2) is 0 Å². The summed E-state index contributed by atoms with van der Waals surface area (Å²) in [6.07, 6.45) is 2.55. The minimum absolute atomic E-state index is 0.000213. The van der Waals surface area contributed by atoms with E-state index in [1.54, 1.807) is 30.3 Å². The third-order valence-electron chi connectivity index (χ3n) is 6.55. The fourth-order valence-corrected chi connectivity index (χ4v) is 4.23. The van der Waals surface area contributed by atoms with E-state index in [4.69, 9.17) is 11.5 Å². The van der Waals surface area contributed by atoms with Crippen molar-refractivity contribution in [2.75, 3.05) is 0 Å². The fourth-order valence-electron chi connectivity index (χ4n) is 4.23. The minimum atomic E-state index is -1.35. The van der Waals surface area contributed by atoms with Crippen molar-refractivity contribution in [3.63, 3.8) is 0 Å². The number of nitrogens with zero attached hydrogens (tertiary/aromatic N) is 1. The molecule has 0 bridgehead atoms. The predicted molar refractivity (Wildman–Crippen MR) is 154 cm³/mol. The molecule has 2 aromatic carbocycles. The van der Waals surface area contributed by atoms with Crippen LogP contribution < -0.4 is 27.4 Å². The highest BCUT2D eigenvalue weighted by Crippen LogP contribution is 2.12. The second-order valence-electron chi connectivity index (χ2n) is 9.97.